The van der Waals surface area contributed by atoms with E-state index in [1.54, 1.807) is 6.07 Å². The van der Waals surface area contributed by atoms with Crippen LogP contribution in [0, 0.1) is 0 Å². The summed E-state index contributed by atoms with van der Waals surface area (Å²) < 4.78 is 0. The average molecular weight is 375 g/mol. The highest BCUT2D eigenvalue weighted by molar-refractivity contribution is 6.30. The standard InChI is InChI=1S/C20H23ClN2O3/c21-15-4-1-14(2-5-15)3-8-19(25)23-16-9-11-20(26,12-10-16)18-7-6-17(24)13-22-18/h1-2,4-7,13,16,24,26H,3,8-12H2,(H,23,25). The number of amides is 1. The summed E-state index contributed by atoms with van der Waals surface area (Å²) >= 11 is 5.86. The SMILES string of the molecule is O=C(CCc1ccc(Cl)cc1)NC1CCC(O)(c2ccc(O)cn2)CC1. The van der Waals surface area contributed by atoms with Crippen LogP contribution in [0.5, 0.6) is 5.75 Å². The number of nitrogens with one attached hydrogen (secondary N) is 1. The van der Waals surface area contributed by atoms with E-state index in [0.717, 1.165) is 5.56 Å². The Morgan fingerprint density at radius 1 is 1.19 bits per heavy atom. The first kappa shape index (κ1) is 18.7. The van der Waals surface area contributed by atoms with E-state index in [0.29, 0.717) is 49.2 Å². The Hall–Kier alpha value is -2.11. The molecule has 0 aliphatic heterocycles. The van der Waals surface area contributed by atoms with Crippen molar-refractivity contribution in [2.75, 3.05) is 0 Å². The molecule has 1 amide bonds. The summed E-state index contributed by atoms with van der Waals surface area (Å²) in [6.45, 7) is 0. The first-order valence-electron chi connectivity index (χ1n) is 8.86. The number of carbonyl (C=O) groups excluding carboxylic acids is 1. The van der Waals surface area contributed by atoms with Gasteiger partial charge in [-0.25, -0.2) is 0 Å². The maximum Gasteiger partial charge on any atom is 0.220 e. The molecule has 0 unspecified atom stereocenters. The van der Waals surface area contributed by atoms with Gasteiger partial charge in [-0.3, -0.25) is 9.78 Å². The van der Waals surface area contributed by atoms with E-state index in [9.17, 15) is 15.0 Å². The molecule has 0 saturated heterocycles. The Bertz CT molecular complexity index is 739. The summed E-state index contributed by atoms with van der Waals surface area (Å²) in [6, 6.07) is 10.8. The molecule has 5 nitrogen and oxygen atoms in total. The molecule has 6 heteroatoms. The largest absolute Gasteiger partial charge is 0.506 e. The van der Waals surface area contributed by atoms with Gasteiger partial charge < -0.3 is 15.5 Å². The van der Waals surface area contributed by atoms with Crippen molar-refractivity contribution >= 4 is 17.5 Å². The predicted molar refractivity (Wildman–Crippen MR) is 100.0 cm³/mol. The van der Waals surface area contributed by atoms with Crippen molar-refractivity contribution in [3.05, 3.63) is 58.9 Å². The lowest BCUT2D eigenvalue weighted by Crippen LogP contribution is -2.42. The monoisotopic (exact) mass is 374 g/mol. The molecular weight excluding hydrogens is 352 g/mol. The number of aliphatic hydroxyl groups is 1. The molecule has 0 radical (unpaired) electrons. The van der Waals surface area contributed by atoms with Gasteiger partial charge in [-0.05, 0) is 61.9 Å². The molecule has 1 aliphatic carbocycles. The van der Waals surface area contributed by atoms with E-state index in [1.165, 1.54) is 12.3 Å². The van der Waals surface area contributed by atoms with Crippen molar-refractivity contribution in [3.8, 4) is 5.75 Å². The van der Waals surface area contributed by atoms with Crippen LogP contribution >= 0.6 is 11.6 Å². The average Bonchev–Trinajstić information content (AvgIpc) is 2.64. The molecule has 1 aliphatic rings. The van der Waals surface area contributed by atoms with Gasteiger partial charge in [-0.2, -0.15) is 0 Å². The van der Waals surface area contributed by atoms with Crippen molar-refractivity contribution in [2.45, 2.75) is 50.2 Å². The smallest absolute Gasteiger partial charge is 0.220 e. The number of halogens is 1. The minimum Gasteiger partial charge on any atom is -0.506 e. The number of nitrogens with zero attached hydrogens (tertiary/aromatic N) is 1. The number of benzene rings is 1. The normalized spacial score (nSPS) is 22.8. The number of rotatable bonds is 5. The number of hydrogen-bond donors (Lipinski definition) is 3. The lowest BCUT2D eigenvalue weighted by atomic mass is 9.80. The van der Waals surface area contributed by atoms with Gasteiger partial charge in [0.25, 0.3) is 0 Å². The maximum absolute atomic E-state index is 12.2. The molecule has 3 N–H and O–H groups in total. The molecule has 1 aromatic carbocycles. The molecule has 1 fully saturated rings. The van der Waals surface area contributed by atoms with Crippen LogP contribution in [0.2, 0.25) is 5.02 Å². The first-order valence-corrected chi connectivity index (χ1v) is 9.24. The zero-order valence-corrected chi connectivity index (χ0v) is 15.2. The second-order valence-corrected chi connectivity index (χ2v) is 7.34. The van der Waals surface area contributed by atoms with Crippen molar-refractivity contribution in [2.24, 2.45) is 0 Å². The van der Waals surface area contributed by atoms with E-state index in [4.69, 9.17) is 11.6 Å². The quantitative estimate of drug-likeness (QED) is 0.749. The van der Waals surface area contributed by atoms with E-state index >= 15 is 0 Å². The van der Waals surface area contributed by atoms with Crippen LogP contribution in [0.1, 0.15) is 43.4 Å². The van der Waals surface area contributed by atoms with Crippen LogP contribution in [0.15, 0.2) is 42.6 Å². The van der Waals surface area contributed by atoms with Gasteiger partial charge >= 0.3 is 0 Å². The fraction of sp³-hybridized carbons (Fsp3) is 0.400. The highest BCUT2D eigenvalue weighted by Gasteiger charge is 2.36. The maximum atomic E-state index is 12.2. The molecule has 1 aromatic heterocycles. The van der Waals surface area contributed by atoms with Crippen molar-refractivity contribution in [1.29, 1.82) is 0 Å². The number of carbonyl (C=O) groups is 1. The van der Waals surface area contributed by atoms with Crippen LogP contribution in [0.4, 0.5) is 0 Å². The number of aryl methyl sites for hydroxylation is 1. The van der Waals surface area contributed by atoms with Crippen LogP contribution in [-0.4, -0.2) is 27.1 Å². The molecule has 0 bridgehead atoms. The molecule has 3 rings (SSSR count). The van der Waals surface area contributed by atoms with Gasteiger partial charge in [-0.1, -0.05) is 23.7 Å². The summed E-state index contributed by atoms with van der Waals surface area (Å²) in [6.07, 6.45) is 4.92. The zero-order valence-electron chi connectivity index (χ0n) is 14.5. The second kappa shape index (κ2) is 8.06. The lowest BCUT2D eigenvalue weighted by Gasteiger charge is -2.35. The Kier molecular flexibility index (Phi) is 5.79. The van der Waals surface area contributed by atoms with Crippen molar-refractivity contribution < 1.29 is 15.0 Å². The third kappa shape index (κ3) is 4.74. The van der Waals surface area contributed by atoms with Crippen LogP contribution in [0.25, 0.3) is 0 Å². The molecule has 0 atom stereocenters. The molecule has 1 heterocycles. The van der Waals surface area contributed by atoms with Gasteiger partial charge in [0.2, 0.25) is 5.91 Å². The van der Waals surface area contributed by atoms with Gasteiger partial charge in [0.05, 0.1) is 11.9 Å². The Labute approximate surface area is 158 Å². The summed E-state index contributed by atoms with van der Waals surface area (Å²) in [5, 5.41) is 23.9. The fourth-order valence-electron chi connectivity index (χ4n) is 3.37. The second-order valence-electron chi connectivity index (χ2n) is 6.90. The summed E-state index contributed by atoms with van der Waals surface area (Å²) in [7, 11) is 0. The Morgan fingerprint density at radius 2 is 1.88 bits per heavy atom. The van der Waals surface area contributed by atoms with Gasteiger partial charge in [0.15, 0.2) is 0 Å². The number of aromatic hydroxyl groups is 1. The summed E-state index contributed by atoms with van der Waals surface area (Å²) in [5.41, 5.74) is 0.668. The summed E-state index contributed by atoms with van der Waals surface area (Å²) in [4.78, 5) is 16.3. The van der Waals surface area contributed by atoms with Crippen LogP contribution < -0.4 is 5.32 Å². The molecule has 138 valence electrons. The highest BCUT2D eigenvalue weighted by Crippen LogP contribution is 2.36. The number of hydrogen-bond acceptors (Lipinski definition) is 4. The van der Waals surface area contributed by atoms with Gasteiger partial charge in [0, 0.05) is 17.5 Å². The van der Waals surface area contributed by atoms with E-state index < -0.39 is 5.60 Å². The summed E-state index contributed by atoms with van der Waals surface area (Å²) in [5.74, 6) is 0.108. The van der Waals surface area contributed by atoms with Crippen LogP contribution in [0.3, 0.4) is 0 Å². The highest BCUT2D eigenvalue weighted by atomic mass is 35.5. The van der Waals surface area contributed by atoms with E-state index in [2.05, 4.69) is 10.3 Å². The minimum atomic E-state index is -0.988. The zero-order chi connectivity index (χ0) is 18.6. The molecular formula is C20H23ClN2O3. The first-order chi connectivity index (χ1) is 12.4. The van der Waals surface area contributed by atoms with Gasteiger partial charge in [-0.15, -0.1) is 0 Å². The number of pyridine rings is 1. The lowest BCUT2D eigenvalue weighted by molar-refractivity contribution is -0.122. The minimum absolute atomic E-state index is 0.0261. The third-order valence-corrected chi connectivity index (χ3v) is 5.21. The van der Waals surface area contributed by atoms with E-state index in [1.807, 2.05) is 24.3 Å². The fourth-order valence-corrected chi connectivity index (χ4v) is 3.49. The molecule has 0 spiro atoms. The molecule has 1 saturated carbocycles. The van der Waals surface area contributed by atoms with Crippen LogP contribution in [-0.2, 0) is 16.8 Å². The van der Waals surface area contributed by atoms with Crippen molar-refractivity contribution in [3.63, 3.8) is 0 Å². The van der Waals surface area contributed by atoms with Gasteiger partial charge in [0.1, 0.15) is 11.4 Å². The topological polar surface area (TPSA) is 82.5 Å². The van der Waals surface area contributed by atoms with Crippen molar-refractivity contribution in [1.82, 2.24) is 10.3 Å². The number of aromatic nitrogens is 1. The molecule has 26 heavy (non-hydrogen) atoms. The Balaban J connectivity index is 1.46. The van der Waals surface area contributed by atoms with E-state index in [-0.39, 0.29) is 17.7 Å². The molecule has 2 aromatic rings. The Morgan fingerprint density at radius 3 is 2.50 bits per heavy atom. The predicted octanol–water partition coefficient (Wildman–Crippen LogP) is 3.32. The third-order valence-electron chi connectivity index (χ3n) is 4.96.